The van der Waals surface area contributed by atoms with E-state index in [9.17, 15) is 4.79 Å². The standard InChI is InChI=1S/C22H19N3OS/c26-21(16-11-17-7-3-1-4-8-17)25-22(27)24-20-14-12-19(13-15-20)23-18-9-5-2-6-10-18/h1-16,23H,(H2,24,25,26,27). The zero-order valence-corrected chi connectivity index (χ0v) is 15.4. The molecule has 4 nitrogen and oxygen atoms in total. The number of thiocarbonyl (C=S) groups is 1. The van der Waals surface area contributed by atoms with E-state index in [2.05, 4.69) is 16.0 Å². The Bertz CT molecular complexity index is 923. The van der Waals surface area contributed by atoms with Crippen molar-refractivity contribution >= 4 is 46.4 Å². The fourth-order valence-corrected chi connectivity index (χ4v) is 2.60. The first-order valence-electron chi connectivity index (χ1n) is 8.46. The van der Waals surface area contributed by atoms with Gasteiger partial charge in [-0.05, 0) is 60.3 Å². The van der Waals surface area contributed by atoms with Crippen molar-refractivity contribution in [2.24, 2.45) is 0 Å². The van der Waals surface area contributed by atoms with E-state index in [1.54, 1.807) is 6.08 Å². The Morgan fingerprint density at radius 1 is 0.741 bits per heavy atom. The lowest BCUT2D eigenvalue weighted by molar-refractivity contribution is -0.115. The molecule has 0 aliphatic heterocycles. The maximum atomic E-state index is 11.9. The highest BCUT2D eigenvalue weighted by atomic mass is 32.1. The van der Waals surface area contributed by atoms with Gasteiger partial charge in [-0.3, -0.25) is 10.1 Å². The molecule has 0 bridgehead atoms. The quantitative estimate of drug-likeness (QED) is 0.437. The molecule has 0 aliphatic carbocycles. The molecule has 0 atom stereocenters. The first-order chi connectivity index (χ1) is 13.2. The topological polar surface area (TPSA) is 53.2 Å². The second-order valence-corrected chi connectivity index (χ2v) is 6.16. The molecule has 0 spiro atoms. The minimum atomic E-state index is -0.279. The van der Waals surface area contributed by atoms with E-state index >= 15 is 0 Å². The van der Waals surface area contributed by atoms with Crippen LogP contribution in [0.15, 0.2) is 91.0 Å². The highest BCUT2D eigenvalue weighted by Crippen LogP contribution is 2.18. The van der Waals surface area contributed by atoms with Gasteiger partial charge in [0, 0.05) is 23.1 Å². The van der Waals surface area contributed by atoms with Gasteiger partial charge in [0.05, 0.1) is 0 Å². The van der Waals surface area contributed by atoms with Crippen LogP contribution in [-0.2, 0) is 4.79 Å². The van der Waals surface area contributed by atoms with Crippen molar-refractivity contribution in [2.75, 3.05) is 10.6 Å². The van der Waals surface area contributed by atoms with Crippen molar-refractivity contribution in [3.05, 3.63) is 96.6 Å². The summed E-state index contributed by atoms with van der Waals surface area (Å²) in [5, 5.41) is 9.19. The highest BCUT2D eigenvalue weighted by Gasteiger charge is 2.02. The number of anilines is 3. The second-order valence-electron chi connectivity index (χ2n) is 5.76. The predicted octanol–water partition coefficient (Wildman–Crippen LogP) is 4.96. The summed E-state index contributed by atoms with van der Waals surface area (Å²) in [4.78, 5) is 11.9. The fraction of sp³-hybridized carbons (Fsp3) is 0. The van der Waals surface area contributed by atoms with Crippen LogP contribution in [0.2, 0.25) is 0 Å². The van der Waals surface area contributed by atoms with Gasteiger partial charge in [0.1, 0.15) is 0 Å². The molecule has 0 heterocycles. The number of para-hydroxylation sites is 1. The smallest absolute Gasteiger partial charge is 0.250 e. The largest absolute Gasteiger partial charge is 0.356 e. The molecule has 0 aliphatic rings. The minimum absolute atomic E-state index is 0.251. The van der Waals surface area contributed by atoms with Crippen molar-refractivity contribution in [3.8, 4) is 0 Å². The van der Waals surface area contributed by atoms with E-state index in [-0.39, 0.29) is 11.0 Å². The monoisotopic (exact) mass is 373 g/mol. The number of rotatable bonds is 5. The van der Waals surface area contributed by atoms with Gasteiger partial charge in [0.15, 0.2) is 5.11 Å². The Morgan fingerprint density at radius 2 is 1.30 bits per heavy atom. The first kappa shape index (κ1) is 18.4. The van der Waals surface area contributed by atoms with Crippen LogP contribution >= 0.6 is 12.2 Å². The van der Waals surface area contributed by atoms with Crippen LogP contribution in [0.5, 0.6) is 0 Å². The number of benzene rings is 3. The molecule has 0 aromatic heterocycles. The summed E-state index contributed by atoms with van der Waals surface area (Å²) >= 11 is 5.19. The van der Waals surface area contributed by atoms with Crippen LogP contribution < -0.4 is 16.0 Å². The molecule has 3 N–H and O–H groups in total. The third-order valence-corrected chi connectivity index (χ3v) is 3.87. The van der Waals surface area contributed by atoms with Gasteiger partial charge < -0.3 is 10.6 Å². The van der Waals surface area contributed by atoms with Crippen molar-refractivity contribution in [1.29, 1.82) is 0 Å². The van der Waals surface area contributed by atoms with E-state index in [0.717, 1.165) is 22.6 Å². The normalized spacial score (nSPS) is 10.4. The third kappa shape index (κ3) is 6.09. The lowest BCUT2D eigenvalue weighted by Gasteiger charge is -2.10. The number of hydrogen-bond acceptors (Lipinski definition) is 3. The van der Waals surface area contributed by atoms with E-state index in [4.69, 9.17) is 12.2 Å². The molecule has 0 saturated heterocycles. The van der Waals surface area contributed by atoms with E-state index < -0.39 is 0 Å². The molecule has 0 unspecified atom stereocenters. The van der Waals surface area contributed by atoms with Gasteiger partial charge in [0.2, 0.25) is 5.91 Å². The number of nitrogens with one attached hydrogen (secondary N) is 3. The number of amides is 1. The molecule has 0 radical (unpaired) electrons. The first-order valence-corrected chi connectivity index (χ1v) is 8.87. The molecule has 5 heteroatoms. The number of hydrogen-bond donors (Lipinski definition) is 3. The fourth-order valence-electron chi connectivity index (χ4n) is 2.38. The molecule has 3 aromatic carbocycles. The Labute approximate surface area is 163 Å². The molecule has 27 heavy (non-hydrogen) atoms. The molecular formula is C22H19N3OS. The average molecular weight is 373 g/mol. The Morgan fingerprint density at radius 3 is 1.96 bits per heavy atom. The molecular weight excluding hydrogens is 354 g/mol. The summed E-state index contributed by atoms with van der Waals surface area (Å²) in [6.07, 6.45) is 3.19. The lowest BCUT2D eigenvalue weighted by Crippen LogP contribution is -2.32. The maximum Gasteiger partial charge on any atom is 0.250 e. The van der Waals surface area contributed by atoms with Gasteiger partial charge >= 0.3 is 0 Å². The molecule has 3 rings (SSSR count). The third-order valence-electron chi connectivity index (χ3n) is 3.67. The van der Waals surface area contributed by atoms with Crippen LogP contribution in [0.4, 0.5) is 17.1 Å². The van der Waals surface area contributed by atoms with Crippen molar-refractivity contribution in [2.45, 2.75) is 0 Å². The predicted molar refractivity (Wildman–Crippen MR) is 116 cm³/mol. The van der Waals surface area contributed by atoms with Gasteiger partial charge in [-0.25, -0.2) is 0 Å². The van der Waals surface area contributed by atoms with Crippen LogP contribution in [0.1, 0.15) is 5.56 Å². The minimum Gasteiger partial charge on any atom is -0.356 e. The summed E-state index contributed by atoms with van der Waals surface area (Å²) in [5.74, 6) is -0.279. The van der Waals surface area contributed by atoms with E-state index in [1.807, 2.05) is 84.9 Å². The molecule has 0 fully saturated rings. The molecule has 134 valence electrons. The van der Waals surface area contributed by atoms with E-state index in [1.165, 1.54) is 6.08 Å². The van der Waals surface area contributed by atoms with Crippen molar-refractivity contribution < 1.29 is 4.79 Å². The van der Waals surface area contributed by atoms with Gasteiger partial charge in [0.25, 0.3) is 0 Å². The van der Waals surface area contributed by atoms with Crippen LogP contribution in [0.25, 0.3) is 6.08 Å². The van der Waals surface area contributed by atoms with E-state index in [0.29, 0.717) is 0 Å². The Kier molecular flexibility index (Phi) is 6.33. The molecule has 1 amide bonds. The zero-order valence-electron chi connectivity index (χ0n) is 14.6. The average Bonchev–Trinajstić information content (AvgIpc) is 2.69. The zero-order chi connectivity index (χ0) is 18.9. The van der Waals surface area contributed by atoms with Crippen LogP contribution in [0, 0.1) is 0 Å². The number of carbonyl (C=O) groups is 1. The number of carbonyl (C=O) groups excluding carboxylic acids is 1. The summed E-state index contributed by atoms with van der Waals surface area (Å²) in [6, 6.07) is 27.2. The van der Waals surface area contributed by atoms with Crippen molar-refractivity contribution in [1.82, 2.24) is 5.32 Å². The Balaban J connectivity index is 1.50. The van der Waals surface area contributed by atoms with Crippen molar-refractivity contribution in [3.63, 3.8) is 0 Å². The highest BCUT2D eigenvalue weighted by molar-refractivity contribution is 7.80. The van der Waals surface area contributed by atoms with Crippen LogP contribution in [0.3, 0.4) is 0 Å². The summed E-state index contributed by atoms with van der Waals surface area (Å²) in [6.45, 7) is 0. The Hall–Kier alpha value is -3.44. The van der Waals surface area contributed by atoms with Gasteiger partial charge in [-0.1, -0.05) is 48.5 Å². The molecule has 3 aromatic rings. The van der Waals surface area contributed by atoms with Gasteiger partial charge in [-0.2, -0.15) is 0 Å². The molecule has 0 saturated carbocycles. The summed E-state index contributed by atoms with van der Waals surface area (Å²) < 4.78 is 0. The maximum absolute atomic E-state index is 11.9. The lowest BCUT2D eigenvalue weighted by atomic mass is 10.2. The summed E-state index contributed by atoms with van der Waals surface area (Å²) in [7, 11) is 0. The van der Waals surface area contributed by atoms with Crippen LogP contribution in [-0.4, -0.2) is 11.0 Å². The SMILES string of the molecule is O=C(C=Cc1ccccc1)NC(=S)Nc1ccc(Nc2ccccc2)cc1. The summed E-state index contributed by atoms with van der Waals surface area (Å²) in [5.41, 5.74) is 3.73. The second kappa shape index (κ2) is 9.31. The van der Waals surface area contributed by atoms with Gasteiger partial charge in [-0.15, -0.1) is 0 Å².